The second-order valence-corrected chi connectivity index (χ2v) is 9.82. The number of nitrogens with two attached hydrogens (primary N) is 1. The molecular weight excluding hydrogens is 506 g/mol. The van der Waals surface area contributed by atoms with Crippen molar-refractivity contribution < 1.29 is 42.9 Å². The second kappa shape index (κ2) is 18.2. The molecule has 2 unspecified atom stereocenters. The molecule has 0 aromatic heterocycles. The van der Waals surface area contributed by atoms with E-state index in [4.69, 9.17) is 29.4 Å². The minimum atomic E-state index is -1.03. The van der Waals surface area contributed by atoms with Gasteiger partial charge in [0.05, 0.1) is 18.4 Å². The lowest BCUT2D eigenvalue weighted by atomic mass is 10.0. The van der Waals surface area contributed by atoms with Gasteiger partial charge in [-0.15, -0.1) is 0 Å². The van der Waals surface area contributed by atoms with Crippen molar-refractivity contribution in [2.75, 3.05) is 13.2 Å². The molecule has 1 aromatic rings. The quantitative estimate of drug-likeness (QED) is 0.157. The van der Waals surface area contributed by atoms with E-state index >= 15 is 0 Å². The minimum Gasteiger partial charge on any atom is -0.461 e. The molecule has 2 N–H and O–H groups in total. The van der Waals surface area contributed by atoms with Gasteiger partial charge in [-0.3, -0.25) is 14.4 Å². The Bertz CT molecular complexity index is 933. The molecule has 39 heavy (non-hydrogen) atoms. The zero-order chi connectivity index (χ0) is 29.4. The summed E-state index contributed by atoms with van der Waals surface area (Å²) in [7, 11) is 0. The lowest BCUT2D eigenvalue weighted by Crippen LogP contribution is -2.36. The Hall–Kier alpha value is -3.14. The van der Waals surface area contributed by atoms with Crippen LogP contribution in [0.2, 0.25) is 0 Å². The van der Waals surface area contributed by atoms with Gasteiger partial charge in [0.2, 0.25) is 0 Å². The van der Waals surface area contributed by atoms with E-state index in [1.165, 1.54) is 12.1 Å². The molecule has 0 spiro atoms. The number of esters is 3. The van der Waals surface area contributed by atoms with Gasteiger partial charge in [-0.05, 0) is 50.3 Å². The van der Waals surface area contributed by atoms with Crippen molar-refractivity contribution >= 4 is 24.1 Å². The monoisotopic (exact) mass is 551 g/mol. The van der Waals surface area contributed by atoms with Crippen molar-refractivity contribution in [1.29, 1.82) is 0 Å². The van der Waals surface area contributed by atoms with Gasteiger partial charge in [0.1, 0.15) is 18.8 Å². The molecule has 0 saturated heterocycles. The van der Waals surface area contributed by atoms with Crippen LogP contribution in [0.4, 0.5) is 4.79 Å². The second-order valence-electron chi connectivity index (χ2n) is 9.82. The van der Waals surface area contributed by atoms with Crippen molar-refractivity contribution in [2.45, 2.75) is 98.6 Å². The summed E-state index contributed by atoms with van der Waals surface area (Å²) in [5, 5.41) is 0. The van der Waals surface area contributed by atoms with Crippen molar-refractivity contribution in [3.05, 3.63) is 23.8 Å². The van der Waals surface area contributed by atoms with E-state index in [1.807, 2.05) is 20.8 Å². The average Bonchev–Trinajstić information content (AvgIpc) is 2.88. The van der Waals surface area contributed by atoms with E-state index in [0.717, 1.165) is 25.7 Å². The molecule has 0 amide bonds. The van der Waals surface area contributed by atoms with Gasteiger partial charge in [-0.2, -0.15) is 0 Å². The first-order valence-electron chi connectivity index (χ1n) is 13.8. The van der Waals surface area contributed by atoms with Gasteiger partial charge in [0, 0.05) is 0 Å². The molecular formula is C29H45NO9. The lowest BCUT2D eigenvalue weighted by Gasteiger charge is -2.18. The molecule has 0 radical (unpaired) electrons. The Morgan fingerprint density at radius 3 is 1.95 bits per heavy atom. The van der Waals surface area contributed by atoms with Crippen molar-refractivity contribution in [3.63, 3.8) is 0 Å². The van der Waals surface area contributed by atoms with Crippen LogP contribution in [-0.2, 0) is 35.0 Å². The Kier molecular flexibility index (Phi) is 15.8. The van der Waals surface area contributed by atoms with E-state index in [2.05, 4.69) is 0 Å². The molecule has 0 aliphatic carbocycles. The van der Waals surface area contributed by atoms with Crippen LogP contribution in [0.3, 0.4) is 0 Å². The predicted molar refractivity (Wildman–Crippen MR) is 145 cm³/mol. The predicted octanol–water partition coefficient (Wildman–Crippen LogP) is 5.12. The molecule has 1 rings (SSSR count). The summed E-state index contributed by atoms with van der Waals surface area (Å²) in [5.41, 5.74) is 6.63. The zero-order valence-electron chi connectivity index (χ0n) is 24.2. The first-order valence-corrected chi connectivity index (χ1v) is 13.8. The van der Waals surface area contributed by atoms with Gasteiger partial charge in [-0.1, -0.05) is 59.9 Å². The Balaban J connectivity index is 2.86. The molecule has 220 valence electrons. The van der Waals surface area contributed by atoms with Crippen LogP contribution in [0.25, 0.3) is 0 Å². The molecule has 0 fully saturated rings. The normalized spacial score (nSPS) is 13.9. The summed E-state index contributed by atoms with van der Waals surface area (Å²) in [4.78, 5) is 49.2. The number of carbonyl (C=O) groups excluding carboxylic acids is 4. The first kappa shape index (κ1) is 33.9. The summed E-state index contributed by atoms with van der Waals surface area (Å²) in [6.07, 6.45) is 3.10. The average molecular weight is 552 g/mol. The van der Waals surface area contributed by atoms with Gasteiger partial charge < -0.3 is 29.4 Å². The number of unbranched alkanes of at least 4 members (excludes halogenated alkanes) is 1. The van der Waals surface area contributed by atoms with Gasteiger partial charge in [0.25, 0.3) is 0 Å². The molecule has 10 heteroatoms. The molecule has 10 nitrogen and oxygen atoms in total. The third kappa shape index (κ3) is 13.0. The van der Waals surface area contributed by atoms with E-state index in [1.54, 1.807) is 26.8 Å². The fourth-order valence-electron chi connectivity index (χ4n) is 3.54. The number of hydrogen-bond acceptors (Lipinski definition) is 10. The topological polar surface area (TPSA) is 140 Å². The van der Waals surface area contributed by atoms with Gasteiger partial charge in [0.15, 0.2) is 11.5 Å². The maximum Gasteiger partial charge on any atom is 0.508 e. The molecule has 0 heterocycles. The molecule has 0 bridgehead atoms. The lowest BCUT2D eigenvalue weighted by molar-refractivity contribution is -0.148. The summed E-state index contributed by atoms with van der Waals surface area (Å²) in [6, 6.07) is 3.67. The molecule has 0 aliphatic heterocycles. The summed E-state index contributed by atoms with van der Waals surface area (Å²) in [5.74, 6) is -2.01. The largest absolute Gasteiger partial charge is 0.508 e. The SMILES string of the molecule is CCCCOC(=O)O[C@@H](C)COC(=O)[C@@H](N)Cc1ccc(OC(=O)C(C)CCC)c(OC(=O)C(C)CCC)c1. The fraction of sp³-hybridized carbons (Fsp3) is 0.655. The van der Waals surface area contributed by atoms with Crippen LogP contribution in [0.15, 0.2) is 18.2 Å². The van der Waals surface area contributed by atoms with Crippen LogP contribution >= 0.6 is 0 Å². The van der Waals surface area contributed by atoms with E-state index in [9.17, 15) is 19.2 Å². The van der Waals surface area contributed by atoms with Crippen molar-refractivity contribution in [2.24, 2.45) is 17.6 Å². The van der Waals surface area contributed by atoms with E-state index in [-0.39, 0.29) is 43.0 Å². The Labute approximate surface area is 231 Å². The Morgan fingerprint density at radius 1 is 0.795 bits per heavy atom. The zero-order valence-corrected chi connectivity index (χ0v) is 24.2. The van der Waals surface area contributed by atoms with E-state index < -0.39 is 36.2 Å². The molecule has 1 aromatic carbocycles. The van der Waals surface area contributed by atoms with Crippen LogP contribution in [0.5, 0.6) is 11.5 Å². The highest BCUT2D eigenvalue weighted by atomic mass is 16.7. The molecule has 0 saturated carbocycles. The maximum absolute atomic E-state index is 12.6. The summed E-state index contributed by atoms with van der Waals surface area (Å²) >= 11 is 0. The number of hydrogen-bond donors (Lipinski definition) is 1. The van der Waals surface area contributed by atoms with Gasteiger partial charge in [-0.25, -0.2) is 4.79 Å². The first-order chi connectivity index (χ1) is 18.5. The number of benzene rings is 1. The van der Waals surface area contributed by atoms with Crippen LogP contribution in [-0.4, -0.2) is 49.4 Å². The number of carbonyl (C=O) groups is 4. The third-order valence-corrected chi connectivity index (χ3v) is 5.91. The van der Waals surface area contributed by atoms with Crippen molar-refractivity contribution in [3.8, 4) is 11.5 Å². The Morgan fingerprint density at radius 2 is 1.38 bits per heavy atom. The highest BCUT2D eigenvalue weighted by Crippen LogP contribution is 2.31. The van der Waals surface area contributed by atoms with Crippen molar-refractivity contribution in [1.82, 2.24) is 0 Å². The van der Waals surface area contributed by atoms with Crippen LogP contribution < -0.4 is 15.2 Å². The number of ether oxygens (including phenoxy) is 5. The van der Waals surface area contributed by atoms with Gasteiger partial charge >= 0.3 is 24.1 Å². The summed E-state index contributed by atoms with van der Waals surface area (Å²) in [6.45, 7) is 11.1. The highest BCUT2D eigenvalue weighted by Gasteiger charge is 2.23. The van der Waals surface area contributed by atoms with E-state index in [0.29, 0.717) is 18.4 Å². The number of rotatable bonds is 17. The standard InChI is InChI=1S/C29H45NO9/c1-7-10-15-35-29(34)37-21(6)18-36-28(33)23(30)16-22-13-14-24(38-26(31)19(4)11-8-2)25(17-22)39-27(32)20(5)12-9-3/h13-14,17,19-21,23H,7-12,15-16,18,30H2,1-6H3/t19?,20?,21-,23-/m0/s1. The molecule has 4 atom stereocenters. The maximum atomic E-state index is 12.6. The third-order valence-electron chi connectivity index (χ3n) is 5.91. The van der Waals surface area contributed by atoms with Crippen LogP contribution in [0.1, 0.15) is 85.6 Å². The van der Waals surface area contributed by atoms with Crippen LogP contribution in [0, 0.1) is 11.8 Å². The fourth-order valence-corrected chi connectivity index (χ4v) is 3.54. The smallest absolute Gasteiger partial charge is 0.461 e. The summed E-state index contributed by atoms with van der Waals surface area (Å²) < 4.78 is 26.3. The minimum absolute atomic E-state index is 0.0721. The highest BCUT2D eigenvalue weighted by molar-refractivity contribution is 5.79. The molecule has 0 aliphatic rings.